The zero-order valence-electron chi connectivity index (χ0n) is 12.9. The third-order valence-corrected chi connectivity index (χ3v) is 5.01. The normalized spacial score (nSPS) is 25.7. The van der Waals surface area contributed by atoms with Crippen LogP contribution in [0.15, 0.2) is 0 Å². The number of aryl methyl sites for hydroxylation is 1. The van der Waals surface area contributed by atoms with Crippen molar-refractivity contribution in [3.05, 3.63) is 22.8 Å². The molecule has 1 aliphatic carbocycles. The number of nitrogens with one attached hydrogen (secondary N) is 1. The lowest BCUT2D eigenvalue weighted by atomic mass is 9.98. The highest BCUT2D eigenvalue weighted by molar-refractivity contribution is 5.29. The van der Waals surface area contributed by atoms with E-state index in [4.69, 9.17) is 9.97 Å². The SMILES string of the molecule is CCCc1nc(C2CCC(CC)C2)nc2c1CCNC2. The molecule has 1 aromatic rings. The minimum Gasteiger partial charge on any atom is -0.311 e. The van der Waals surface area contributed by atoms with Crippen LogP contribution in [0.3, 0.4) is 0 Å². The molecule has 1 aliphatic heterocycles. The van der Waals surface area contributed by atoms with Gasteiger partial charge in [0.05, 0.1) is 5.69 Å². The summed E-state index contributed by atoms with van der Waals surface area (Å²) >= 11 is 0. The molecule has 2 heterocycles. The Hall–Kier alpha value is -0.960. The lowest BCUT2D eigenvalue weighted by Crippen LogP contribution is -2.27. The molecule has 2 atom stereocenters. The molecule has 3 nitrogen and oxygen atoms in total. The van der Waals surface area contributed by atoms with Gasteiger partial charge in [0.25, 0.3) is 0 Å². The lowest BCUT2D eigenvalue weighted by molar-refractivity contribution is 0.513. The highest BCUT2D eigenvalue weighted by atomic mass is 15.0. The van der Waals surface area contributed by atoms with Crippen LogP contribution in [0.5, 0.6) is 0 Å². The quantitative estimate of drug-likeness (QED) is 0.914. The maximum Gasteiger partial charge on any atom is 0.132 e. The van der Waals surface area contributed by atoms with E-state index < -0.39 is 0 Å². The molecule has 0 bridgehead atoms. The molecular weight excluding hydrogens is 246 g/mol. The van der Waals surface area contributed by atoms with Crippen LogP contribution < -0.4 is 5.32 Å². The van der Waals surface area contributed by atoms with Crippen molar-refractivity contribution in [1.29, 1.82) is 0 Å². The molecule has 0 saturated heterocycles. The fourth-order valence-corrected chi connectivity index (χ4v) is 3.76. The third-order valence-electron chi connectivity index (χ3n) is 5.01. The molecule has 0 spiro atoms. The Kier molecular flexibility index (Phi) is 4.35. The van der Waals surface area contributed by atoms with Gasteiger partial charge in [-0.25, -0.2) is 9.97 Å². The topological polar surface area (TPSA) is 37.8 Å². The average Bonchev–Trinajstić information content (AvgIpc) is 2.96. The first-order valence-corrected chi connectivity index (χ1v) is 8.41. The van der Waals surface area contributed by atoms with Gasteiger partial charge in [0.2, 0.25) is 0 Å². The zero-order chi connectivity index (χ0) is 13.9. The van der Waals surface area contributed by atoms with Crippen molar-refractivity contribution in [2.45, 2.75) is 71.3 Å². The van der Waals surface area contributed by atoms with E-state index in [2.05, 4.69) is 19.2 Å². The number of nitrogens with zero attached hydrogens (tertiary/aromatic N) is 2. The monoisotopic (exact) mass is 273 g/mol. The summed E-state index contributed by atoms with van der Waals surface area (Å²) in [5, 5.41) is 3.46. The van der Waals surface area contributed by atoms with E-state index in [1.807, 2.05) is 0 Å². The fourth-order valence-electron chi connectivity index (χ4n) is 3.76. The van der Waals surface area contributed by atoms with Crippen LogP contribution >= 0.6 is 0 Å². The molecule has 20 heavy (non-hydrogen) atoms. The molecule has 2 unspecified atom stereocenters. The van der Waals surface area contributed by atoms with E-state index in [0.29, 0.717) is 5.92 Å². The maximum atomic E-state index is 4.99. The first-order chi connectivity index (χ1) is 9.81. The van der Waals surface area contributed by atoms with Crippen LogP contribution in [-0.2, 0) is 19.4 Å². The van der Waals surface area contributed by atoms with Crippen molar-refractivity contribution in [3.63, 3.8) is 0 Å². The molecule has 3 heteroatoms. The smallest absolute Gasteiger partial charge is 0.132 e. The second-order valence-corrected chi connectivity index (χ2v) is 6.41. The summed E-state index contributed by atoms with van der Waals surface area (Å²) in [5.41, 5.74) is 4.07. The van der Waals surface area contributed by atoms with Crippen molar-refractivity contribution >= 4 is 0 Å². The summed E-state index contributed by atoms with van der Waals surface area (Å²) in [7, 11) is 0. The van der Waals surface area contributed by atoms with Crippen LogP contribution in [0.25, 0.3) is 0 Å². The van der Waals surface area contributed by atoms with Crippen LogP contribution in [-0.4, -0.2) is 16.5 Å². The molecular formula is C17H27N3. The molecule has 1 fully saturated rings. The van der Waals surface area contributed by atoms with Gasteiger partial charge in [0.1, 0.15) is 5.82 Å². The van der Waals surface area contributed by atoms with Gasteiger partial charge in [-0.1, -0.05) is 26.7 Å². The molecule has 2 aliphatic rings. The number of hydrogen-bond donors (Lipinski definition) is 1. The van der Waals surface area contributed by atoms with Crippen molar-refractivity contribution in [2.24, 2.45) is 5.92 Å². The molecule has 0 amide bonds. The van der Waals surface area contributed by atoms with E-state index in [1.165, 1.54) is 49.1 Å². The molecule has 1 aromatic heterocycles. The highest BCUT2D eigenvalue weighted by Crippen LogP contribution is 2.38. The minimum absolute atomic E-state index is 0.614. The Balaban J connectivity index is 1.89. The first kappa shape index (κ1) is 14.0. The van der Waals surface area contributed by atoms with Gasteiger partial charge in [-0.15, -0.1) is 0 Å². The number of aromatic nitrogens is 2. The first-order valence-electron chi connectivity index (χ1n) is 8.41. The van der Waals surface area contributed by atoms with Gasteiger partial charge in [0.15, 0.2) is 0 Å². The molecule has 0 aromatic carbocycles. The summed E-state index contributed by atoms with van der Waals surface area (Å²) in [4.78, 5) is 9.92. The average molecular weight is 273 g/mol. The summed E-state index contributed by atoms with van der Waals surface area (Å²) < 4.78 is 0. The standard InChI is InChI=1S/C17H27N3/c1-3-5-15-14-8-9-18-11-16(14)20-17(19-15)13-7-6-12(4-2)10-13/h12-13,18H,3-11H2,1-2H3. The van der Waals surface area contributed by atoms with Crippen molar-refractivity contribution in [3.8, 4) is 0 Å². The predicted octanol–water partition coefficient (Wildman–Crippen LogP) is 3.37. The number of hydrogen-bond acceptors (Lipinski definition) is 3. The molecule has 1 N–H and O–H groups in total. The van der Waals surface area contributed by atoms with Gasteiger partial charge in [-0.2, -0.15) is 0 Å². The maximum absolute atomic E-state index is 4.99. The Bertz CT molecular complexity index is 470. The highest BCUT2D eigenvalue weighted by Gasteiger charge is 2.28. The van der Waals surface area contributed by atoms with Gasteiger partial charge >= 0.3 is 0 Å². The predicted molar refractivity (Wildman–Crippen MR) is 81.8 cm³/mol. The van der Waals surface area contributed by atoms with Crippen molar-refractivity contribution < 1.29 is 0 Å². The summed E-state index contributed by atoms with van der Waals surface area (Å²) in [6.45, 7) is 6.57. The lowest BCUT2D eigenvalue weighted by Gasteiger charge is -2.21. The van der Waals surface area contributed by atoms with Gasteiger partial charge in [-0.05, 0) is 50.1 Å². The Morgan fingerprint density at radius 2 is 2.10 bits per heavy atom. The van der Waals surface area contributed by atoms with E-state index in [9.17, 15) is 0 Å². The Morgan fingerprint density at radius 1 is 1.20 bits per heavy atom. The molecule has 1 saturated carbocycles. The second-order valence-electron chi connectivity index (χ2n) is 6.41. The largest absolute Gasteiger partial charge is 0.311 e. The van der Waals surface area contributed by atoms with E-state index in [0.717, 1.165) is 37.7 Å². The zero-order valence-corrected chi connectivity index (χ0v) is 12.9. The van der Waals surface area contributed by atoms with Gasteiger partial charge in [-0.3, -0.25) is 0 Å². The molecule has 0 radical (unpaired) electrons. The Labute approximate surface area is 122 Å². The number of rotatable bonds is 4. The molecule has 110 valence electrons. The summed E-state index contributed by atoms with van der Waals surface area (Å²) in [6.07, 6.45) is 8.66. The van der Waals surface area contributed by atoms with Crippen LogP contribution in [0.2, 0.25) is 0 Å². The molecule has 3 rings (SSSR count). The van der Waals surface area contributed by atoms with E-state index in [1.54, 1.807) is 0 Å². The van der Waals surface area contributed by atoms with Crippen molar-refractivity contribution in [1.82, 2.24) is 15.3 Å². The van der Waals surface area contributed by atoms with Crippen LogP contribution in [0, 0.1) is 5.92 Å². The summed E-state index contributed by atoms with van der Waals surface area (Å²) in [6, 6.07) is 0. The minimum atomic E-state index is 0.614. The van der Waals surface area contributed by atoms with Crippen LogP contribution in [0.4, 0.5) is 0 Å². The third kappa shape index (κ3) is 2.73. The number of fused-ring (bicyclic) bond motifs is 1. The Morgan fingerprint density at radius 3 is 2.85 bits per heavy atom. The second kappa shape index (κ2) is 6.21. The van der Waals surface area contributed by atoms with Crippen molar-refractivity contribution in [2.75, 3.05) is 6.54 Å². The van der Waals surface area contributed by atoms with Gasteiger partial charge in [0, 0.05) is 18.2 Å². The fraction of sp³-hybridized carbons (Fsp3) is 0.765. The van der Waals surface area contributed by atoms with E-state index in [-0.39, 0.29) is 0 Å². The van der Waals surface area contributed by atoms with Gasteiger partial charge < -0.3 is 5.32 Å². The van der Waals surface area contributed by atoms with E-state index >= 15 is 0 Å². The van der Waals surface area contributed by atoms with Crippen LogP contribution in [0.1, 0.15) is 74.6 Å². The summed E-state index contributed by atoms with van der Waals surface area (Å²) in [5.74, 6) is 2.65.